The zero-order chi connectivity index (χ0) is 12.8. The Labute approximate surface area is 108 Å². The van der Waals surface area contributed by atoms with Gasteiger partial charge in [0.2, 0.25) is 0 Å². The van der Waals surface area contributed by atoms with Gasteiger partial charge < -0.3 is 10.4 Å². The third-order valence-electron chi connectivity index (χ3n) is 2.93. The first-order chi connectivity index (χ1) is 8.79. The largest absolute Gasteiger partial charge is 0.506 e. The molecule has 2 aromatic rings. The average Bonchev–Trinajstić information content (AvgIpc) is 2.41. The maximum absolute atomic E-state index is 9.15. The Kier molecular flexibility index (Phi) is 4.31. The highest BCUT2D eigenvalue weighted by Gasteiger charge is 2.00. The van der Waals surface area contributed by atoms with Crippen LogP contribution in [-0.4, -0.2) is 10.1 Å². The van der Waals surface area contributed by atoms with Crippen LogP contribution >= 0.6 is 0 Å². The topological polar surface area (TPSA) is 45.1 Å². The number of nitrogens with zero attached hydrogens (tertiary/aromatic N) is 1. The molecule has 2 N–H and O–H groups in total. The van der Waals surface area contributed by atoms with Gasteiger partial charge in [-0.05, 0) is 29.7 Å². The molecule has 0 unspecified atom stereocenters. The zero-order valence-electron chi connectivity index (χ0n) is 10.6. The minimum atomic E-state index is 0.204. The number of pyridine rings is 1. The number of aromatic hydroxyl groups is 1. The quantitative estimate of drug-likeness (QED) is 0.847. The number of benzene rings is 1. The van der Waals surface area contributed by atoms with E-state index in [1.165, 1.54) is 17.3 Å². The average molecular weight is 242 g/mol. The summed E-state index contributed by atoms with van der Waals surface area (Å²) >= 11 is 0. The molecule has 0 bridgehead atoms. The van der Waals surface area contributed by atoms with E-state index in [1.807, 2.05) is 6.07 Å². The van der Waals surface area contributed by atoms with Gasteiger partial charge in [-0.1, -0.05) is 31.2 Å². The maximum Gasteiger partial charge on any atom is 0.133 e. The highest BCUT2D eigenvalue weighted by molar-refractivity contribution is 5.27. The molecule has 1 aromatic carbocycles. The Morgan fingerprint density at radius 2 is 1.83 bits per heavy atom. The van der Waals surface area contributed by atoms with E-state index in [0.29, 0.717) is 6.54 Å². The summed E-state index contributed by atoms with van der Waals surface area (Å²) in [4.78, 5) is 4.14. The van der Waals surface area contributed by atoms with Crippen molar-refractivity contribution in [3.8, 4) is 5.75 Å². The predicted octanol–water partition coefficient (Wildman–Crippen LogP) is 2.64. The van der Waals surface area contributed by atoms with Gasteiger partial charge in [0, 0.05) is 13.1 Å². The third kappa shape index (κ3) is 3.31. The first-order valence-corrected chi connectivity index (χ1v) is 6.21. The van der Waals surface area contributed by atoms with Crippen molar-refractivity contribution in [2.24, 2.45) is 0 Å². The lowest BCUT2D eigenvalue weighted by Crippen LogP contribution is -2.14. The number of aromatic nitrogens is 1. The van der Waals surface area contributed by atoms with Crippen LogP contribution in [0, 0.1) is 0 Å². The van der Waals surface area contributed by atoms with Crippen molar-refractivity contribution >= 4 is 0 Å². The molecule has 0 saturated heterocycles. The molecule has 0 atom stereocenters. The molecule has 0 aliphatic rings. The second-order valence-electron chi connectivity index (χ2n) is 4.23. The van der Waals surface area contributed by atoms with Crippen LogP contribution in [0.1, 0.15) is 23.7 Å². The van der Waals surface area contributed by atoms with Crippen LogP contribution in [0.15, 0.2) is 42.6 Å². The third-order valence-corrected chi connectivity index (χ3v) is 2.93. The first kappa shape index (κ1) is 12.6. The van der Waals surface area contributed by atoms with E-state index in [-0.39, 0.29) is 5.75 Å². The molecule has 3 heteroatoms. The van der Waals surface area contributed by atoms with Gasteiger partial charge in [0.15, 0.2) is 0 Å². The van der Waals surface area contributed by atoms with Crippen LogP contribution in [0.3, 0.4) is 0 Å². The van der Waals surface area contributed by atoms with Gasteiger partial charge in [-0.25, -0.2) is 0 Å². The Morgan fingerprint density at radius 3 is 2.50 bits per heavy atom. The summed E-state index contributed by atoms with van der Waals surface area (Å²) in [5.74, 6) is 0.204. The van der Waals surface area contributed by atoms with E-state index < -0.39 is 0 Å². The zero-order valence-corrected chi connectivity index (χ0v) is 10.6. The van der Waals surface area contributed by atoms with E-state index >= 15 is 0 Å². The van der Waals surface area contributed by atoms with Crippen LogP contribution in [0.5, 0.6) is 5.75 Å². The summed E-state index contributed by atoms with van der Waals surface area (Å²) in [5, 5.41) is 12.5. The summed E-state index contributed by atoms with van der Waals surface area (Å²) in [6.07, 6.45) is 2.52. The number of hydrogen-bond donors (Lipinski definition) is 2. The SMILES string of the molecule is CCc1ccccc1CNCc1ccc(O)cn1. The lowest BCUT2D eigenvalue weighted by atomic mass is 10.1. The van der Waals surface area contributed by atoms with Crippen LogP contribution in [0.2, 0.25) is 0 Å². The van der Waals surface area contributed by atoms with Crippen molar-refractivity contribution < 1.29 is 5.11 Å². The summed E-state index contributed by atoms with van der Waals surface area (Å²) in [5.41, 5.74) is 3.64. The van der Waals surface area contributed by atoms with Crippen LogP contribution in [-0.2, 0) is 19.5 Å². The van der Waals surface area contributed by atoms with Gasteiger partial charge in [0.05, 0.1) is 11.9 Å². The molecule has 18 heavy (non-hydrogen) atoms. The molecule has 0 aliphatic heterocycles. The van der Waals surface area contributed by atoms with Crippen LogP contribution < -0.4 is 5.32 Å². The molecule has 0 amide bonds. The summed E-state index contributed by atoms with van der Waals surface area (Å²) in [7, 11) is 0. The maximum atomic E-state index is 9.15. The number of hydrogen-bond acceptors (Lipinski definition) is 3. The molecule has 1 aromatic heterocycles. The lowest BCUT2D eigenvalue weighted by Gasteiger charge is -2.08. The number of aryl methyl sites for hydroxylation is 1. The monoisotopic (exact) mass is 242 g/mol. The van der Waals surface area contributed by atoms with Crippen molar-refractivity contribution in [2.75, 3.05) is 0 Å². The Bertz CT molecular complexity index is 494. The molecule has 0 spiro atoms. The summed E-state index contributed by atoms with van der Waals surface area (Å²) in [6.45, 7) is 3.71. The first-order valence-electron chi connectivity index (χ1n) is 6.21. The molecule has 1 heterocycles. The van der Waals surface area contributed by atoms with Gasteiger partial charge in [-0.3, -0.25) is 4.98 Å². The van der Waals surface area contributed by atoms with Crippen molar-refractivity contribution in [3.05, 3.63) is 59.4 Å². The molecule has 0 saturated carbocycles. The molecule has 94 valence electrons. The van der Waals surface area contributed by atoms with E-state index in [2.05, 4.69) is 41.5 Å². The molecule has 0 aliphatic carbocycles. The van der Waals surface area contributed by atoms with Crippen LogP contribution in [0.4, 0.5) is 0 Å². The van der Waals surface area contributed by atoms with Crippen molar-refractivity contribution in [1.82, 2.24) is 10.3 Å². The van der Waals surface area contributed by atoms with E-state index in [0.717, 1.165) is 18.7 Å². The predicted molar refractivity (Wildman–Crippen MR) is 72.3 cm³/mol. The fraction of sp³-hybridized carbons (Fsp3) is 0.267. The number of nitrogens with one attached hydrogen (secondary N) is 1. The molecular formula is C15H18N2O. The lowest BCUT2D eigenvalue weighted by molar-refractivity contribution is 0.471. The van der Waals surface area contributed by atoms with E-state index in [1.54, 1.807) is 6.07 Å². The highest BCUT2D eigenvalue weighted by atomic mass is 16.3. The van der Waals surface area contributed by atoms with Crippen LogP contribution in [0.25, 0.3) is 0 Å². The van der Waals surface area contributed by atoms with E-state index in [4.69, 9.17) is 5.11 Å². The molecule has 3 nitrogen and oxygen atoms in total. The van der Waals surface area contributed by atoms with Gasteiger partial charge in [0.25, 0.3) is 0 Å². The Hall–Kier alpha value is -1.87. The summed E-state index contributed by atoms with van der Waals surface area (Å²) in [6, 6.07) is 11.9. The van der Waals surface area contributed by atoms with Crippen molar-refractivity contribution in [3.63, 3.8) is 0 Å². The second-order valence-corrected chi connectivity index (χ2v) is 4.23. The van der Waals surface area contributed by atoms with E-state index in [9.17, 15) is 0 Å². The minimum absolute atomic E-state index is 0.204. The fourth-order valence-electron chi connectivity index (χ4n) is 1.92. The fourth-order valence-corrected chi connectivity index (χ4v) is 1.92. The van der Waals surface area contributed by atoms with Gasteiger partial charge in [-0.15, -0.1) is 0 Å². The molecule has 0 radical (unpaired) electrons. The highest BCUT2D eigenvalue weighted by Crippen LogP contribution is 2.10. The molecular weight excluding hydrogens is 224 g/mol. The Morgan fingerprint density at radius 1 is 1.06 bits per heavy atom. The minimum Gasteiger partial charge on any atom is -0.506 e. The standard InChI is InChI=1S/C15H18N2O/c1-2-12-5-3-4-6-13(12)9-16-10-14-7-8-15(18)11-17-14/h3-8,11,16,18H,2,9-10H2,1H3. The molecule has 0 fully saturated rings. The van der Waals surface area contributed by atoms with Gasteiger partial charge in [-0.2, -0.15) is 0 Å². The van der Waals surface area contributed by atoms with Crippen molar-refractivity contribution in [2.45, 2.75) is 26.4 Å². The normalized spacial score (nSPS) is 10.5. The second kappa shape index (κ2) is 6.17. The van der Waals surface area contributed by atoms with Gasteiger partial charge >= 0.3 is 0 Å². The molecule has 2 rings (SSSR count). The van der Waals surface area contributed by atoms with Gasteiger partial charge in [0.1, 0.15) is 5.75 Å². The number of rotatable bonds is 5. The van der Waals surface area contributed by atoms with Crippen molar-refractivity contribution in [1.29, 1.82) is 0 Å². The smallest absolute Gasteiger partial charge is 0.133 e. The Balaban J connectivity index is 1.90. The summed E-state index contributed by atoms with van der Waals surface area (Å²) < 4.78 is 0.